The van der Waals surface area contributed by atoms with E-state index in [1.165, 1.54) is 0 Å². The quantitative estimate of drug-likeness (QED) is 0.741. The molecule has 0 fully saturated rings. The fourth-order valence-electron chi connectivity index (χ4n) is 1.88. The van der Waals surface area contributed by atoms with E-state index in [1.54, 1.807) is 17.4 Å². The Bertz CT molecular complexity index is 755. The Morgan fingerprint density at radius 1 is 1.50 bits per heavy atom. The number of hydrogen-bond acceptors (Lipinski definition) is 4. The smallest absolute Gasteiger partial charge is 0.243 e. The van der Waals surface area contributed by atoms with Gasteiger partial charge in [-0.2, -0.15) is 4.98 Å². The van der Waals surface area contributed by atoms with Crippen LogP contribution in [-0.2, 0) is 6.54 Å². The zero-order valence-corrected chi connectivity index (χ0v) is 13.7. The molecule has 1 N–H and O–H groups in total. The second kappa shape index (κ2) is 5.73. The molecule has 3 aromatic rings. The van der Waals surface area contributed by atoms with Crippen LogP contribution in [0.25, 0.3) is 4.96 Å². The standard InChI is InChI=1S/C13H11BrClN3OS/c1-16-7-10-12(17-13-18(10)4-5-20-13)19-11-6-8(14)2-3-9(11)15/h2-6,16H,7H2,1H3. The van der Waals surface area contributed by atoms with Crippen LogP contribution in [0.1, 0.15) is 5.69 Å². The van der Waals surface area contributed by atoms with Gasteiger partial charge in [0.05, 0.1) is 5.02 Å². The van der Waals surface area contributed by atoms with E-state index in [1.807, 2.05) is 35.2 Å². The van der Waals surface area contributed by atoms with Crippen molar-refractivity contribution in [2.45, 2.75) is 6.54 Å². The Morgan fingerprint density at radius 3 is 3.15 bits per heavy atom. The number of imidazole rings is 1. The summed E-state index contributed by atoms with van der Waals surface area (Å²) in [6, 6.07) is 5.49. The summed E-state index contributed by atoms with van der Waals surface area (Å²) in [4.78, 5) is 5.40. The lowest BCUT2D eigenvalue weighted by Gasteiger charge is -2.08. The van der Waals surface area contributed by atoms with Gasteiger partial charge in [-0.05, 0) is 25.2 Å². The Kier molecular flexibility index (Phi) is 3.98. The number of halogens is 2. The topological polar surface area (TPSA) is 38.6 Å². The third-order valence-corrected chi connectivity index (χ3v) is 4.33. The van der Waals surface area contributed by atoms with Crippen molar-refractivity contribution >= 4 is 43.8 Å². The molecule has 104 valence electrons. The first kappa shape index (κ1) is 13.9. The van der Waals surface area contributed by atoms with Crippen LogP contribution in [0.3, 0.4) is 0 Å². The average molecular weight is 373 g/mol. The van der Waals surface area contributed by atoms with Gasteiger partial charge in [-0.3, -0.25) is 4.40 Å². The van der Waals surface area contributed by atoms with Crippen LogP contribution in [0, 0.1) is 0 Å². The van der Waals surface area contributed by atoms with E-state index in [4.69, 9.17) is 16.3 Å². The summed E-state index contributed by atoms with van der Waals surface area (Å²) in [6.45, 7) is 0.666. The second-order valence-corrected chi connectivity index (χ2v) is 6.32. The SMILES string of the molecule is CNCc1c(Oc2cc(Br)ccc2Cl)nc2sccn12. The van der Waals surface area contributed by atoms with E-state index in [0.29, 0.717) is 23.2 Å². The molecule has 0 unspecified atom stereocenters. The molecule has 7 heteroatoms. The van der Waals surface area contributed by atoms with E-state index in [0.717, 1.165) is 15.1 Å². The van der Waals surface area contributed by atoms with Gasteiger partial charge in [-0.25, -0.2) is 0 Å². The molecule has 20 heavy (non-hydrogen) atoms. The van der Waals surface area contributed by atoms with Crippen LogP contribution < -0.4 is 10.1 Å². The van der Waals surface area contributed by atoms with Gasteiger partial charge in [0.25, 0.3) is 0 Å². The summed E-state index contributed by atoms with van der Waals surface area (Å²) in [5.41, 5.74) is 0.972. The predicted octanol–water partition coefficient (Wildman–Crippen LogP) is 4.32. The lowest BCUT2D eigenvalue weighted by molar-refractivity contribution is 0.457. The number of ether oxygens (including phenoxy) is 1. The highest BCUT2D eigenvalue weighted by Gasteiger charge is 2.15. The molecule has 2 heterocycles. The fraction of sp³-hybridized carbons (Fsp3) is 0.154. The van der Waals surface area contributed by atoms with E-state index < -0.39 is 0 Å². The first-order chi connectivity index (χ1) is 9.69. The maximum atomic E-state index is 6.15. The highest BCUT2D eigenvalue weighted by Crippen LogP contribution is 2.34. The number of fused-ring (bicyclic) bond motifs is 1. The number of hydrogen-bond donors (Lipinski definition) is 1. The summed E-state index contributed by atoms with van der Waals surface area (Å²) < 4.78 is 8.82. The summed E-state index contributed by atoms with van der Waals surface area (Å²) in [5.74, 6) is 1.16. The molecule has 2 aromatic heterocycles. The van der Waals surface area contributed by atoms with Crippen LogP contribution in [0.2, 0.25) is 5.02 Å². The number of rotatable bonds is 4. The van der Waals surface area contributed by atoms with Gasteiger partial charge in [0.1, 0.15) is 11.4 Å². The monoisotopic (exact) mass is 371 g/mol. The zero-order valence-electron chi connectivity index (χ0n) is 10.6. The van der Waals surface area contributed by atoms with E-state index in [9.17, 15) is 0 Å². The van der Waals surface area contributed by atoms with Crippen LogP contribution >= 0.6 is 38.9 Å². The minimum Gasteiger partial charge on any atom is -0.436 e. The average Bonchev–Trinajstić information content (AvgIpc) is 2.98. The lowest BCUT2D eigenvalue weighted by atomic mass is 10.3. The Hall–Kier alpha value is -1.08. The van der Waals surface area contributed by atoms with Crippen molar-refractivity contribution in [3.8, 4) is 11.6 Å². The maximum Gasteiger partial charge on any atom is 0.243 e. The second-order valence-electron chi connectivity index (χ2n) is 4.13. The molecule has 0 saturated carbocycles. The van der Waals surface area contributed by atoms with Crippen molar-refractivity contribution in [1.82, 2.24) is 14.7 Å². The molecule has 0 atom stereocenters. The van der Waals surface area contributed by atoms with E-state index in [2.05, 4.69) is 26.2 Å². The highest BCUT2D eigenvalue weighted by atomic mass is 79.9. The lowest BCUT2D eigenvalue weighted by Crippen LogP contribution is -2.08. The molecule has 3 rings (SSSR count). The van der Waals surface area contributed by atoms with Crippen molar-refractivity contribution in [3.05, 3.63) is 45.0 Å². The van der Waals surface area contributed by atoms with Gasteiger partial charge >= 0.3 is 0 Å². The van der Waals surface area contributed by atoms with Gasteiger partial charge in [-0.1, -0.05) is 27.5 Å². The third kappa shape index (κ3) is 2.56. The molecule has 0 saturated heterocycles. The number of nitrogens with zero attached hydrogens (tertiary/aromatic N) is 2. The van der Waals surface area contributed by atoms with Gasteiger partial charge in [-0.15, -0.1) is 11.3 Å². The zero-order chi connectivity index (χ0) is 14.1. The Labute approximate surface area is 133 Å². The molecular weight excluding hydrogens is 362 g/mol. The Morgan fingerprint density at radius 2 is 2.35 bits per heavy atom. The van der Waals surface area contributed by atoms with Crippen LogP contribution in [-0.4, -0.2) is 16.4 Å². The molecule has 0 aliphatic carbocycles. The van der Waals surface area contributed by atoms with Gasteiger partial charge < -0.3 is 10.1 Å². The molecular formula is C13H11BrClN3OS. The van der Waals surface area contributed by atoms with E-state index in [-0.39, 0.29) is 0 Å². The number of aromatic nitrogens is 2. The Balaban J connectivity index is 2.03. The minimum absolute atomic E-state index is 0.556. The first-order valence-corrected chi connectivity index (χ1v) is 7.96. The molecule has 1 aromatic carbocycles. The van der Waals surface area contributed by atoms with Crippen molar-refractivity contribution < 1.29 is 4.74 Å². The largest absolute Gasteiger partial charge is 0.436 e. The van der Waals surface area contributed by atoms with Crippen LogP contribution in [0.4, 0.5) is 0 Å². The van der Waals surface area contributed by atoms with Crippen molar-refractivity contribution in [2.24, 2.45) is 0 Å². The predicted molar refractivity (Wildman–Crippen MR) is 85.1 cm³/mol. The molecule has 0 spiro atoms. The van der Waals surface area contributed by atoms with Crippen molar-refractivity contribution in [1.29, 1.82) is 0 Å². The summed E-state index contributed by atoms with van der Waals surface area (Å²) in [6.07, 6.45) is 1.98. The molecule has 0 aliphatic rings. The highest BCUT2D eigenvalue weighted by molar-refractivity contribution is 9.10. The maximum absolute atomic E-state index is 6.15. The van der Waals surface area contributed by atoms with Gasteiger partial charge in [0.2, 0.25) is 5.88 Å². The normalized spacial score (nSPS) is 11.2. The fourth-order valence-corrected chi connectivity index (χ4v) is 3.10. The molecule has 0 amide bonds. The number of benzene rings is 1. The van der Waals surface area contributed by atoms with Crippen molar-refractivity contribution in [3.63, 3.8) is 0 Å². The van der Waals surface area contributed by atoms with E-state index >= 15 is 0 Å². The molecule has 4 nitrogen and oxygen atoms in total. The van der Waals surface area contributed by atoms with Crippen molar-refractivity contribution in [2.75, 3.05) is 7.05 Å². The summed E-state index contributed by atoms with van der Waals surface area (Å²) in [7, 11) is 1.89. The molecule has 0 radical (unpaired) electrons. The molecule has 0 aliphatic heterocycles. The minimum atomic E-state index is 0.556. The van der Waals surface area contributed by atoms with Crippen LogP contribution in [0.15, 0.2) is 34.2 Å². The summed E-state index contributed by atoms with van der Waals surface area (Å²) >= 11 is 11.1. The summed E-state index contributed by atoms with van der Waals surface area (Å²) in [5, 5.41) is 5.68. The third-order valence-electron chi connectivity index (χ3n) is 2.77. The van der Waals surface area contributed by atoms with Gasteiger partial charge in [0, 0.05) is 22.6 Å². The first-order valence-electron chi connectivity index (χ1n) is 5.91. The molecule has 0 bridgehead atoms. The van der Waals surface area contributed by atoms with Crippen LogP contribution in [0.5, 0.6) is 11.6 Å². The van der Waals surface area contributed by atoms with Gasteiger partial charge in [0.15, 0.2) is 4.96 Å². The number of thiazole rings is 1. The number of nitrogens with one attached hydrogen (secondary N) is 1.